The summed E-state index contributed by atoms with van der Waals surface area (Å²) in [6.07, 6.45) is -5.10. The van der Waals surface area contributed by atoms with Crippen molar-refractivity contribution in [3.05, 3.63) is 58.9 Å². The predicted octanol–water partition coefficient (Wildman–Crippen LogP) is 2.64. The van der Waals surface area contributed by atoms with Crippen molar-refractivity contribution in [3.8, 4) is 5.75 Å². The van der Waals surface area contributed by atoms with E-state index >= 15 is 0 Å². The summed E-state index contributed by atoms with van der Waals surface area (Å²) in [6, 6.07) is 9.10. The highest BCUT2D eigenvalue weighted by Gasteiger charge is 2.31. The summed E-state index contributed by atoms with van der Waals surface area (Å²) in [5.41, 5.74) is -0.106. The average Bonchev–Trinajstić information content (AvgIpc) is 2.67. The second kappa shape index (κ2) is 9.19. The molecule has 1 atom stereocenters. The highest BCUT2D eigenvalue weighted by molar-refractivity contribution is 6.32. The molecular formula is C20H22ClF4N2O2+. The number of anilines is 1. The van der Waals surface area contributed by atoms with Gasteiger partial charge in [-0.3, -0.25) is 0 Å². The van der Waals surface area contributed by atoms with E-state index in [9.17, 15) is 22.7 Å². The first-order valence-corrected chi connectivity index (χ1v) is 9.62. The molecule has 1 heterocycles. The van der Waals surface area contributed by atoms with Crippen LogP contribution in [0.15, 0.2) is 42.5 Å². The number of aliphatic hydroxyl groups excluding tert-OH is 1. The summed E-state index contributed by atoms with van der Waals surface area (Å²) in [7, 11) is 0. The van der Waals surface area contributed by atoms with Crippen LogP contribution in [0.2, 0.25) is 5.02 Å². The molecule has 0 bridgehead atoms. The van der Waals surface area contributed by atoms with E-state index in [-0.39, 0.29) is 11.6 Å². The molecule has 0 spiro atoms. The predicted molar refractivity (Wildman–Crippen MR) is 102 cm³/mol. The number of hydrogen-bond acceptors (Lipinski definition) is 3. The third kappa shape index (κ3) is 5.98. The maximum atomic E-state index is 13.0. The summed E-state index contributed by atoms with van der Waals surface area (Å²) < 4.78 is 57.2. The number of ether oxygens (including phenoxy) is 1. The van der Waals surface area contributed by atoms with Gasteiger partial charge in [-0.2, -0.15) is 13.2 Å². The Bertz CT molecular complexity index is 826. The third-order valence-corrected chi connectivity index (χ3v) is 5.15. The fraction of sp³-hybridized carbons (Fsp3) is 0.400. The van der Waals surface area contributed by atoms with Crippen molar-refractivity contribution < 1.29 is 32.3 Å². The molecule has 1 fully saturated rings. The van der Waals surface area contributed by atoms with E-state index in [2.05, 4.69) is 0 Å². The summed E-state index contributed by atoms with van der Waals surface area (Å²) in [6.45, 7) is 3.01. The van der Waals surface area contributed by atoms with E-state index in [1.807, 2.05) is 4.90 Å². The van der Waals surface area contributed by atoms with Crippen LogP contribution in [0, 0.1) is 5.82 Å². The molecular weight excluding hydrogens is 412 g/mol. The number of nitrogens with zero attached hydrogens (tertiary/aromatic N) is 1. The zero-order valence-electron chi connectivity index (χ0n) is 15.6. The standard InChI is InChI=1S/C20H21ClF4N2O2/c21-18-11-15(22)4-5-19(18)29-13-17(28)12-26-6-8-27(9-7-26)16-3-1-2-14(10-16)20(23,24)25/h1-5,10-11,17,28H,6-9,12-13H2/p+1/t17-/m0/s1. The number of nitrogens with one attached hydrogen (secondary N) is 1. The van der Waals surface area contributed by atoms with E-state index in [1.165, 1.54) is 24.3 Å². The van der Waals surface area contributed by atoms with Gasteiger partial charge in [-0.1, -0.05) is 17.7 Å². The Morgan fingerprint density at radius 2 is 1.86 bits per heavy atom. The van der Waals surface area contributed by atoms with E-state index in [0.29, 0.717) is 44.2 Å². The quantitative estimate of drug-likeness (QED) is 0.688. The van der Waals surface area contributed by atoms with Crippen LogP contribution < -0.4 is 14.5 Å². The molecule has 4 nitrogen and oxygen atoms in total. The first kappa shape index (κ1) is 21.7. The highest BCUT2D eigenvalue weighted by Crippen LogP contribution is 2.31. The van der Waals surface area contributed by atoms with Crippen molar-refractivity contribution in [2.45, 2.75) is 12.3 Å². The number of rotatable bonds is 6. The topological polar surface area (TPSA) is 37.1 Å². The van der Waals surface area contributed by atoms with Gasteiger partial charge < -0.3 is 19.6 Å². The summed E-state index contributed by atoms with van der Waals surface area (Å²) in [5, 5.41) is 10.4. The summed E-state index contributed by atoms with van der Waals surface area (Å²) in [4.78, 5) is 3.05. The Morgan fingerprint density at radius 3 is 2.52 bits per heavy atom. The molecule has 0 radical (unpaired) electrons. The Kier molecular flexibility index (Phi) is 6.87. The minimum absolute atomic E-state index is 0.0200. The summed E-state index contributed by atoms with van der Waals surface area (Å²) >= 11 is 5.89. The number of piperazine rings is 1. The minimum atomic E-state index is -4.36. The van der Waals surface area contributed by atoms with Crippen LogP contribution in [0.25, 0.3) is 0 Å². The number of hydrogen-bond donors (Lipinski definition) is 2. The molecule has 9 heteroatoms. The molecule has 1 saturated heterocycles. The third-order valence-electron chi connectivity index (χ3n) is 4.86. The van der Waals surface area contributed by atoms with E-state index in [1.54, 1.807) is 6.07 Å². The molecule has 1 aliphatic heterocycles. The van der Waals surface area contributed by atoms with Crippen LogP contribution in [0.1, 0.15) is 5.56 Å². The van der Waals surface area contributed by atoms with Crippen LogP contribution in [-0.4, -0.2) is 50.5 Å². The molecule has 0 amide bonds. The van der Waals surface area contributed by atoms with Gasteiger partial charge >= 0.3 is 6.18 Å². The highest BCUT2D eigenvalue weighted by atomic mass is 35.5. The molecule has 0 saturated carbocycles. The fourth-order valence-corrected chi connectivity index (χ4v) is 3.56. The van der Waals surface area contributed by atoms with Crippen molar-refractivity contribution in [2.24, 2.45) is 0 Å². The van der Waals surface area contributed by atoms with Gasteiger partial charge in [0.1, 0.15) is 30.8 Å². The van der Waals surface area contributed by atoms with E-state index < -0.39 is 23.7 Å². The van der Waals surface area contributed by atoms with E-state index in [0.717, 1.165) is 17.0 Å². The molecule has 2 aromatic carbocycles. The van der Waals surface area contributed by atoms with Gasteiger partial charge in [0.25, 0.3) is 0 Å². The Balaban J connectivity index is 1.47. The van der Waals surface area contributed by atoms with Gasteiger partial charge in [-0.15, -0.1) is 0 Å². The Morgan fingerprint density at radius 1 is 1.14 bits per heavy atom. The molecule has 3 rings (SSSR count). The molecule has 0 aliphatic carbocycles. The normalized spacial score (nSPS) is 16.7. The number of halogens is 5. The van der Waals surface area contributed by atoms with Crippen molar-refractivity contribution >= 4 is 17.3 Å². The molecule has 0 unspecified atom stereocenters. The molecule has 29 heavy (non-hydrogen) atoms. The van der Waals surface area contributed by atoms with Gasteiger partial charge in [-0.25, -0.2) is 4.39 Å². The molecule has 0 aromatic heterocycles. The molecule has 2 N–H and O–H groups in total. The molecule has 158 valence electrons. The lowest BCUT2D eigenvalue weighted by Gasteiger charge is -2.34. The number of aliphatic hydroxyl groups is 1. The van der Waals surface area contributed by atoms with Crippen LogP contribution in [0.4, 0.5) is 23.2 Å². The van der Waals surface area contributed by atoms with Gasteiger partial charge in [0, 0.05) is 5.69 Å². The molecule has 1 aliphatic rings. The SMILES string of the molecule is O[C@H](COc1ccc(F)cc1Cl)C[NH+]1CCN(c2cccc(C(F)(F)F)c2)CC1. The average molecular weight is 434 g/mol. The van der Waals surface area contributed by atoms with Crippen molar-refractivity contribution in [2.75, 3.05) is 44.2 Å². The second-order valence-corrected chi connectivity index (χ2v) is 7.44. The smallest absolute Gasteiger partial charge is 0.416 e. The van der Waals surface area contributed by atoms with Gasteiger partial charge in [-0.05, 0) is 36.4 Å². The van der Waals surface area contributed by atoms with Gasteiger partial charge in [0.05, 0.1) is 36.8 Å². The number of alkyl halides is 3. The van der Waals surface area contributed by atoms with Crippen LogP contribution in [-0.2, 0) is 6.18 Å². The first-order chi connectivity index (χ1) is 13.7. The Hall–Kier alpha value is -2.03. The number of quaternary nitrogens is 1. The van der Waals surface area contributed by atoms with Crippen molar-refractivity contribution in [3.63, 3.8) is 0 Å². The van der Waals surface area contributed by atoms with Crippen molar-refractivity contribution in [1.82, 2.24) is 0 Å². The second-order valence-electron chi connectivity index (χ2n) is 7.03. The fourth-order valence-electron chi connectivity index (χ4n) is 3.33. The lowest BCUT2D eigenvalue weighted by atomic mass is 10.1. The molecule has 2 aromatic rings. The first-order valence-electron chi connectivity index (χ1n) is 9.24. The largest absolute Gasteiger partial charge is 0.489 e. The van der Waals surface area contributed by atoms with Crippen LogP contribution >= 0.6 is 11.6 Å². The lowest BCUT2D eigenvalue weighted by Crippen LogP contribution is -3.16. The van der Waals surface area contributed by atoms with Crippen LogP contribution in [0.3, 0.4) is 0 Å². The summed E-state index contributed by atoms with van der Waals surface area (Å²) in [5.74, 6) is -0.164. The van der Waals surface area contributed by atoms with Gasteiger partial charge in [0.15, 0.2) is 0 Å². The minimum Gasteiger partial charge on any atom is -0.489 e. The zero-order chi connectivity index (χ0) is 21.0. The van der Waals surface area contributed by atoms with Crippen LogP contribution in [0.5, 0.6) is 5.75 Å². The monoisotopic (exact) mass is 433 g/mol. The maximum Gasteiger partial charge on any atom is 0.416 e. The maximum absolute atomic E-state index is 13.0. The van der Waals surface area contributed by atoms with Gasteiger partial charge in [0.2, 0.25) is 0 Å². The Labute approximate surface area is 171 Å². The van der Waals surface area contributed by atoms with E-state index in [4.69, 9.17) is 16.3 Å². The lowest BCUT2D eigenvalue weighted by molar-refractivity contribution is -0.903. The number of benzene rings is 2. The van der Waals surface area contributed by atoms with Crippen molar-refractivity contribution in [1.29, 1.82) is 0 Å². The zero-order valence-corrected chi connectivity index (χ0v) is 16.3.